The minimum absolute atomic E-state index is 0.0771. The molecule has 4 heterocycles. The van der Waals surface area contributed by atoms with Gasteiger partial charge in [-0.25, -0.2) is 19.6 Å². The van der Waals surface area contributed by atoms with Gasteiger partial charge in [0.25, 0.3) is 11.8 Å². The van der Waals surface area contributed by atoms with E-state index in [4.69, 9.17) is 4.42 Å². The molecule has 0 aliphatic rings. The summed E-state index contributed by atoms with van der Waals surface area (Å²) in [5.74, 6) is -0.527. The van der Waals surface area contributed by atoms with Crippen molar-refractivity contribution in [1.82, 2.24) is 39.9 Å². The summed E-state index contributed by atoms with van der Waals surface area (Å²) in [5.41, 5.74) is 3.39. The van der Waals surface area contributed by atoms with Crippen molar-refractivity contribution in [2.45, 2.75) is 6.43 Å². The number of fused-ring (bicyclic) bond motifs is 1. The molecule has 29 heavy (non-hydrogen) atoms. The van der Waals surface area contributed by atoms with Gasteiger partial charge in [-0.3, -0.25) is 0 Å². The maximum atomic E-state index is 12.6. The SMILES string of the molecule is FC(F)c1nnc(-c2cnc(Nc3cc(-n4cccn4)c4nc[nH]c4c3)nc2)o1. The van der Waals surface area contributed by atoms with E-state index in [1.807, 2.05) is 24.4 Å². The van der Waals surface area contributed by atoms with Crippen molar-refractivity contribution in [2.24, 2.45) is 0 Å². The van der Waals surface area contributed by atoms with Crippen LogP contribution in [0, 0.1) is 0 Å². The summed E-state index contributed by atoms with van der Waals surface area (Å²) < 4.78 is 31.7. The van der Waals surface area contributed by atoms with Crippen LogP contribution in [0.3, 0.4) is 0 Å². The van der Waals surface area contributed by atoms with Gasteiger partial charge in [0.1, 0.15) is 5.52 Å². The standard InChI is InChI=1S/C17H11F2N9O/c18-14(19)16-27-26-15(29-16)9-6-20-17(21-7-9)25-10-4-11-13(23-8-22-11)12(5-10)28-3-1-2-24-28/h1-8,14H,(H,22,23)(H,20,21,25). The second-order valence-corrected chi connectivity index (χ2v) is 5.91. The normalized spacial score (nSPS) is 11.4. The van der Waals surface area contributed by atoms with E-state index in [9.17, 15) is 8.78 Å². The lowest BCUT2D eigenvalue weighted by atomic mass is 10.2. The summed E-state index contributed by atoms with van der Waals surface area (Å²) in [7, 11) is 0. The van der Waals surface area contributed by atoms with Crippen molar-refractivity contribution in [2.75, 3.05) is 5.32 Å². The Labute approximate surface area is 160 Å². The second-order valence-electron chi connectivity index (χ2n) is 5.91. The number of aromatic nitrogens is 8. The van der Waals surface area contributed by atoms with Crippen molar-refractivity contribution >= 4 is 22.7 Å². The third-order valence-corrected chi connectivity index (χ3v) is 4.04. The number of aromatic amines is 1. The van der Waals surface area contributed by atoms with Crippen LogP contribution in [0.1, 0.15) is 12.3 Å². The summed E-state index contributed by atoms with van der Waals surface area (Å²) in [5, 5.41) is 14.2. The Bertz CT molecular complexity index is 1260. The van der Waals surface area contributed by atoms with Gasteiger partial charge in [0.15, 0.2) is 0 Å². The van der Waals surface area contributed by atoms with Crippen LogP contribution in [-0.2, 0) is 0 Å². The predicted molar refractivity (Wildman–Crippen MR) is 96.8 cm³/mol. The summed E-state index contributed by atoms with van der Waals surface area (Å²) in [4.78, 5) is 15.8. The van der Waals surface area contributed by atoms with E-state index in [-0.39, 0.29) is 5.89 Å². The number of benzene rings is 1. The van der Waals surface area contributed by atoms with Gasteiger partial charge < -0.3 is 14.7 Å². The average Bonchev–Trinajstić information content (AvgIpc) is 3.48. The van der Waals surface area contributed by atoms with Crippen molar-refractivity contribution in [3.63, 3.8) is 0 Å². The molecule has 0 unspecified atom stereocenters. The number of halogens is 2. The maximum absolute atomic E-state index is 12.6. The zero-order valence-corrected chi connectivity index (χ0v) is 14.5. The number of rotatable bonds is 5. The number of nitrogens with one attached hydrogen (secondary N) is 2. The molecule has 2 N–H and O–H groups in total. The largest absolute Gasteiger partial charge is 0.415 e. The van der Waals surface area contributed by atoms with Crippen LogP contribution in [0.5, 0.6) is 0 Å². The van der Waals surface area contributed by atoms with Crippen LogP contribution < -0.4 is 5.32 Å². The first-order valence-corrected chi connectivity index (χ1v) is 8.35. The smallest absolute Gasteiger partial charge is 0.314 e. The van der Waals surface area contributed by atoms with Gasteiger partial charge in [-0.15, -0.1) is 10.2 Å². The Morgan fingerprint density at radius 1 is 1.10 bits per heavy atom. The van der Waals surface area contributed by atoms with E-state index in [0.29, 0.717) is 17.2 Å². The minimum Gasteiger partial charge on any atom is -0.415 e. The van der Waals surface area contributed by atoms with Gasteiger partial charge in [0.05, 0.1) is 23.1 Å². The lowest BCUT2D eigenvalue weighted by molar-refractivity contribution is 0.116. The molecular weight excluding hydrogens is 384 g/mol. The van der Waals surface area contributed by atoms with E-state index < -0.39 is 12.3 Å². The monoisotopic (exact) mass is 395 g/mol. The van der Waals surface area contributed by atoms with Gasteiger partial charge in [-0.05, 0) is 18.2 Å². The number of imidazole rings is 1. The molecule has 0 saturated carbocycles. The predicted octanol–water partition coefficient (Wildman–Crippen LogP) is 3.27. The molecule has 0 bridgehead atoms. The molecule has 5 rings (SSSR count). The highest BCUT2D eigenvalue weighted by Gasteiger charge is 2.17. The zero-order valence-electron chi connectivity index (χ0n) is 14.5. The molecule has 0 saturated heterocycles. The zero-order chi connectivity index (χ0) is 19.8. The van der Waals surface area contributed by atoms with E-state index in [0.717, 1.165) is 16.7 Å². The minimum atomic E-state index is -2.83. The molecule has 0 aliphatic heterocycles. The van der Waals surface area contributed by atoms with Gasteiger partial charge >= 0.3 is 6.43 Å². The van der Waals surface area contributed by atoms with E-state index in [1.165, 1.54) is 12.4 Å². The molecular formula is C17H11F2N9O. The van der Waals surface area contributed by atoms with Crippen LogP contribution in [0.4, 0.5) is 20.4 Å². The topological polar surface area (TPSA) is 123 Å². The summed E-state index contributed by atoms with van der Waals surface area (Å²) in [6.45, 7) is 0. The van der Waals surface area contributed by atoms with Gasteiger partial charge in [-0.2, -0.15) is 13.9 Å². The van der Waals surface area contributed by atoms with Gasteiger partial charge in [-0.1, -0.05) is 0 Å². The van der Waals surface area contributed by atoms with Crippen molar-refractivity contribution in [3.8, 4) is 17.1 Å². The molecule has 144 valence electrons. The summed E-state index contributed by atoms with van der Waals surface area (Å²) in [6, 6.07) is 5.54. The van der Waals surface area contributed by atoms with E-state index >= 15 is 0 Å². The average molecular weight is 395 g/mol. The van der Waals surface area contributed by atoms with E-state index in [2.05, 4.69) is 40.5 Å². The molecule has 1 aromatic carbocycles. The summed E-state index contributed by atoms with van der Waals surface area (Å²) >= 11 is 0. The molecule has 0 radical (unpaired) electrons. The van der Waals surface area contributed by atoms with Crippen molar-refractivity contribution in [1.29, 1.82) is 0 Å². The number of nitrogens with zero attached hydrogens (tertiary/aromatic N) is 7. The number of alkyl halides is 2. The molecule has 0 fully saturated rings. The number of H-pyrrole nitrogens is 1. The molecule has 0 amide bonds. The quantitative estimate of drug-likeness (QED) is 0.465. The van der Waals surface area contributed by atoms with E-state index in [1.54, 1.807) is 17.2 Å². The first-order chi connectivity index (χ1) is 14.2. The number of hydrogen-bond acceptors (Lipinski definition) is 8. The Morgan fingerprint density at radius 3 is 2.69 bits per heavy atom. The van der Waals surface area contributed by atoms with Crippen LogP contribution in [0.2, 0.25) is 0 Å². The highest BCUT2D eigenvalue weighted by atomic mass is 19.3. The Kier molecular flexibility index (Phi) is 3.93. The van der Waals surface area contributed by atoms with Gasteiger partial charge in [0, 0.05) is 30.5 Å². The van der Waals surface area contributed by atoms with Crippen molar-refractivity contribution < 1.29 is 13.2 Å². The lowest BCUT2D eigenvalue weighted by Gasteiger charge is -2.09. The molecule has 0 spiro atoms. The maximum Gasteiger partial charge on any atom is 0.314 e. The molecule has 5 aromatic rings. The molecule has 10 nitrogen and oxygen atoms in total. The van der Waals surface area contributed by atoms with Gasteiger partial charge in [0.2, 0.25) is 5.95 Å². The fourth-order valence-electron chi connectivity index (χ4n) is 2.76. The third kappa shape index (κ3) is 3.16. The van der Waals surface area contributed by atoms with Crippen LogP contribution >= 0.6 is 0 Å². The van der Waals surface area contributed by atoms with Crippen LogP contribution in [-0.4, -0.2) is 39.9 Å². The number of hydrogen-bond donors (Lipinski definition) is 2. The third-order valence-electron chi connectivity index (χ3n) is 4.04. The number of anilines is 2. The molecule has 4 aromatic heterocycles. The molecule has 0 aliphatic carbocycles. The fourth-order valence-corrected chi connectivity index (χ4v) is 2.76. The summed E-state index contributed by atoms with van der Waals surface area (Å²) in [6.07, 6.45) is 5.07. The molecule has 12 heteroatoms. The Balaban J connectivity index is 1.43. The highest BCUT2D eigenvalue weighted by Crippen LogP contribution is 2.26. The first-order valence-electron chi connectivity index (χ1n) is 8.35. The Hall–Kier alpha value is -4.22. The second kappa shape index (κ2) is 6.74. The molecule has 0 atom stereocenters. The first kappa shape index (κ1) is 16.9. The Morgan fingerprint density at radius 2 is 1.97 bits per heavy atom. The fraction of sp³-hybridized carbons (Fsp3) is 0.0588. The van der Waals surface area contributed by atoms with Crippen molar-refractivity contribution in [3.05, 3.63) is 55.2 Å². The highest BCUT2D eigenvalue weighted by molar-refractivity contribution is 5.88. The van der Waals surface area contributed by atoms with Crippen LogP contribution in [0.25, 0.3) is 28.2 Å². The van der Waals surface area contributed by atoms with Crippen LogP contribution in [0.15, 0.2) is 53.7 Å². The lowest BCUT2D eigenvalue weighted by Crippen LogP contribution is -2.00.